The zero-order chi connectivity index (χ0) is 13.8. The molecule has 0 saturated heterocycles. The van der Waals surface area contributed by atoms with E-state index in [-0.39, 0.29) is 6.04 Å². The summed E-state index contributed by atoms with van der Waals surface area (Å²) in [5.74, 6) is 0. The lowest BCUT2D eigenvalue weighted by Gasteiger charge is -2.28. The van der Waals surface area contributed by atoms with Gasteiger partial charge in [0.2, 0.25) is 0 Å². The molecular weight excluding hydrogens is 328 g/mol. The number of rotatable bonds is 5. The van der Waals surface area contributed by atoms with Crippen LogP contribution in [0.2, 0.25) is 5.02 Å². The predicted octanol–water partition coefficient (Wildman–Crippen LogP) is 3.83. The molecule has 0 amide bonds. The molecule has 1 atom stereocenters. The Morgan fingerprint density at radius 2 is 2.21 bits per heavy atom. The number of hydrogen-bond donors (Lipinski definition) is 1. The zero-order valence-electron chi connectivity index (χ0n) is 10.6. The van der Waals surface area contributed by atoms with Gasteiger partial charge >= 0.3 is 0 Å². The summed E-state index contributed by atoms with van der Waals surface area (Å²) in [5.41, 5.74) is 8.15. The summed E-state index contributed by atoms with van der Waals surface area (Å²) < 4.78 is 6.11. The smallest absolute Gasteiger partial charge is 0.0947 e. The number of furan rings is 1. The van der Waals surface area contributed by atoms with Gasteiger partial charge < -0.3 is 10.2 Å². The van der Waals surface area contributed by atoms with Crippen LogP contribution in [0, 0.1) is 0 Å². The van der Waals surface area contributed by atoms with Crippen LogP contribution in [0.15, 0.2) is 45.7 Å². The van der Waals surface area contributed by atoms with Crippen LogP contribution < -0.4 is 5.73 Å². The molecule has 0 radical (unpaired) electrons. The van der Waals surface area contributed by atoms with Crippen LogP contribution in [-0.4, -0.2) is 18.5 Å². The highest BCUT2D eigenvalue weighted by molar-refractivity contribution is 9.10. The Hall–Kier alpha value is -0.810. The molecule has 102 valence electrons. The molecule has 0 bridgehead atoms. The Kier molecular flexibility index (Phi) is 5.05. The van der Waals surface area contributed by atoms with Crippen molar-refractivity contribution in [2.24, 2.45) is 5.73 Å². The largest absolute Gasteiger partial charge is 0.472 e. The number of nitrogens with two attached hydrogens (primary N) is 1. The number of hydrogen-bond acceptors (Lipinski definition) is 3. The molecule has 2 N–H and O–H groups in total. The molecule has 19 heavy (non-hydrogen) atoms. The van der Waals surface area contributed by atoms with E-state index in [9.17, 15) is 0 Å². The van der Waals surface area contributed by atoms with Gasteiger partial charge in [0.25, 0.3) is 0 Å². The maximum atomic E-state index is 6.07. The third-order valence-electron chi connectivity index (χ3n) is 3.08. The van der Waals surface area contributed by atoms with Crippen LogP contribution in [0.3, 0.4) is 0 Å². The van der Waals surface area contributed by atoms with Gasteiger partial charge in [0.1, 0.15) is 0 Å². The van der Waals surface area contributed by atoms with Crippen molar-refractivity contribution < 1.29 is 4.42 Å². The fourth-order valence-corrected chi connectivity index (χ4v) is 2.79. The maximum absolute atomic E-state index is 6.07. The zero-order valence-corrected chi connectivity index (χ0v) is 13.0. The first-order valence-electron chi connectivity index (χ1n) is 5.98. The van der Waals surface area contributed by atoms with Crippen molar-refractivity contribution in [3.63, 3.8) is 0 Å². The van der Waals surface area contributed by atoms with Gasteiger partial charge in [0.05, 0.1) is 12.5 Å². The molecule has 1 heterocycles. The van der Waals surface area contributed by atoms with Gasteiger partial charge in [-0.25, -0.2) is 0 Å². The van der Waals surface area contributed by atoms with Gasteiger partial charge in [-0.15, -0.1) is 0 Å². The molecule has 3 nitrogen and oxygen atoms in total. The Morgan fingerprint density at radius 3 is 2.84 bits per heavy atom. The van der Waals surface area contributed by atoms with Crippen LogP contribution in [0.25, 0.3) is 0 Å². The van der Waals surface area contributed by atoms with Crippen molar-refractivity contribution in [2.75, 3.05) is 13.6 Å². The van der Waals surface area contributed by atoms with E-state index in [1.165, 1.54) is 0 Å². The van der Waals surface area contributed by atoms with Crippen molar-refractivity contribution >= 4 is 27.5 Å². The standard InChI is InChI=1S/C14H16BrClN2O/c1-18(8-10-4-5-19-9-10)14(7-17)12-6-11(16)2-3-13(12)15/h2-6,9,14H,7-8,17H2,1H3. The highest BCUT2D eigenvalue weighted by atomic mass is 79.9. The molecular formula is C14H16BrClN2O. The molecule has 1 unspecified atom stereocenters. The summed E-state index contributed by atoms with van der Waals surface area (Å²) in [4.78, 5) is 2.18. The molecule has 5 heteroatoms. The van der Waals surface area contributed by atoms with Crippen molar-refractivity contribution in [2.45, 2.75) is 12.6 Å². The second-order valence-electron chi connectivity index (χ2n) is 4.46. The second kappa shape index (κ2) is 6.57. The summed E-state index contributed by atoms with van der Waals surface area (Å²) in [6.45, 7) is 1.30. The first-order valence-corrected chi connectivity index (χ1v) is 7.15. The number of likely N-dealkylation sites (N-methyl/N-ethyl adjacent to an activating group) is 1. The Bertz CT molecular complexity index is 530. The van der Waals surface area contributed by atoms with E-state index < -0.39 is 0 Å². The molecule has 0 aliphatic rings. The fourth-order valence-electron chi connectivity index (χ4n) is 2.10. The van der Waals surface area contributed by atoms with E-state index in [4.69, 9.17) is 21.8 Å². The van der Waals surface area contributed by atoms with Crippen molar-refractivity contribution in [3.8, 4) is 0 Å². The summed E-state index contributed by atoms with van der Waals surface area (Å²) in [7, 11) is 2.04. The third-order valence-corrected chi connectivity index (χ3v) is 4.04. The van der Waals surface area contributed by atoms with Crippen LogP contribution in [0.4, 0.5) is 0 Å². The van der Waals surface area contributed by atoms with Crippen LogP contribution in [-0.2, 0) is 6.54 Å². The molecule has 1 aromatic heterocycles. The summed E-state index contributed by atoms with van der Waals surface area (Å²) in [5, 5.41) is 0.716. The van der Waals surface area contributed by atoms with Crippen molar-refractivity contribution in [1.82, 2.24) is 4.90 Å². The lowest BCUT2D eigenvalue weighted by Crippen LogP contribution is -2.30. The summed E-state index contributed by atoms with van der Waals surface area (Å²) in [6, 6.07) is 7.82. The average molecular weight is 344 g/mol. The van der Waals surface area contributed by atoms with Gasteiger partial charge in [-0.1, -0.05) is 27.5 Å². The number of halogens is 2. The Labute approximate surface area is 126 Å². The van der Waals surface area contributed by atoms with E-state index in [0.717, 1.165) is 22.1 Å². The van der Waals surface area contributed by atoms with Crippen molar-refractivity contribution in [3.05, 3.63) is 57.4 Å². The van der Waals surface area contributed by atoms with E-state index >= 15 is 0 Å². The van der Waals surface area contributed by atoms with E-state index in [2.05, 4.69) is 20.8 Å². The monoisotopic (exact) mass is 342 g/mol. The highest BCUT2D eigenvalue weighted by Crippen LogP contribution is 2.30. The lowest BCUT2D eigenvalue weighted by molar-refractivity contribution is 0.240. The quantitative estimate of drug-likeness (QED) is 0.897. The van der Waals surface area contributed by atoms with E-state index in [1.807, 2.05) is 31.3 Å². The van der Waals surface area contributed by atoms with E-state index in [1.54, 1.807) is 12.5 Å². The molecule has 1 aromatic carbocycles. The molecule has 0 aliphatic carbocycles. The van der Waals surface area contributed by atoms with E-state index in [0.29, 0.717) is 11.6 Å². The molecule has 0 saturated carbocycles. The SMILES string of the molecule is CN(Cc1ccoc1)C(CN)c1cc(Cl)ccc1Br. The predicted molar refractivity (Wildman–Crippen MR) is 81.1 cm³/mol. The molecule has 0 fully saturated rings. The molecule has 0 aliphatic heterocycles. The van der Waals surface area contributed by atoms with Gasteiger partial charge in [-0.2, -0.15) is 0 Å². The highest BCUT2D eigenvalue weighted by Gasteiger charge is 2.18. The summed E-state index contributed by atoms with van der Waals surface area (Å²) >= 11 is 9.63. The Morgan fingerprint density at radius 1 is 1.42 bits per heavy atom. The maximum Gasteiger partial charge on any atom is 0.0947 e. The Balaban J connectivity index is 2.21. The minimum atomic E-state index is 0.1000. The van der Waals surface area contributed by atoms with Crippen molar-refractivity contribution in [1.29, 1.82) is 0 Å². The molecule has 2 aromatic rings. The lowest BCUT2D eigenvalue weighted by atomic mass is 10.1. The first-order chi connectivity index (χ1) is 9.11. The van der Waals surface area contributed by atoms with Gasteiger partial charge in [-0.3, -0.25) is 4.90 Å². The van der Waals surface area contributed by atoms with Gasteiger partial charge in [0, 0.05) is 34.2 Å². The van der Waals surface area contributed by atoms with Gasteiger partial charge in [-0.05, 0) is 36.9 Å². The minimum Gasteiger partial charge on any atom is -0.472 e. The summed E-state index contributed by atoms with van der Waals surface area (Å²) in [6.07, 6.45) is 3.42. The third kappa shape index (κ3) is 3.60. The van der Waals surface area contributed by atoms with Crippen LogP contribution in [0.5, 0.6) is 0 Å². The van der Waals surface area contributed by atoms with Crippen LogP contribution in [0.1, 0.15) is 17.2 Å². The number of benzene rings is 1. The second-order valence-corrected chi connectivity index (χ2v) is 5.75. The minimum absolute atomic E-state index is 0.1000. The molecule has 0 spiro atoms. The fraction of sp³-hybridized carbons (Fsp3) is 0.286. The number of nitrogens with zero attached hydrogens (tertiary/aromatic N) is 1. The van der Waals surface area contributed by atoms with Crippen LogP contribution >= 0.6 is 27.5 Å². The topological polar surface area (TPSA) is 42.4 Å². The first kappa shape index (κ1) is 14.6. The average Bonchev–Trinajstić information content (AvgIpc) is 2.87. The van der Waals surface area contributed by atoms with Gasteiger partial charge in [0.15, 0.2) is 0 Å². The normalized spacial score (nSPS) is 12.9. The molecule has 2 rings (SSSR count).